The predicted octanol–water partition coefficient (Wildman–Crippen LogP) is 3.26. The Hall–Kier alpha value is -2.21. The van der Waals surface area contributed by atoms with Gasteiger partial charge in [-0.05, 0) is 29.7 Å². The number of benzene rings is 3. The fraction of sp³-hybridized carbons (Fsp3) is 0. The van der Waals surface area contributed by atoms with Crippen molar-refractivity contribution in [3.8, 4) is 0 Å². The molecule has 0 atom stereocenters. The summed E-state index contributed by atoms with van der Waals surface area (Å²) in [6.07, 6.45) is 0. The van der Waals surface area contributed by atoms with E-state index in [1.807, 2.05) is 17.8 Å². The third-order valence-corrected chi connectivity index (χ3v) is 4.51. The van der Waals surface area contributed by atoms with Crippen molar-refractivity contribution in [3.63, 3.8) is 0 Å². The first-order valence-electron chi connectivity index (χ1n) is 7.28. The van der Waals surface area contributed by atoms with E-state index in [1.165, 1.54) is 21.2 Å². The van der Waals surface area contributed by atoms with Gasteiger partial charge in [0.25, 0.3) is 0 Å². The molecule has 114 valence electrons. The predicted molar refractivity (Wildman–Crippen MR) is 96.6 cm³/mol. The van der Waals surface area contributed by atoms with Crippen LogP contribution in [-0.2, 0) is 0 Å². The summed E-state index contributed by atoms with van der Waals surface area (Å²) in [5, 5.41) is 20.6. The van der Waals surface area contributed by atoms with E-state index >= 15 is 0 Å². The summed E-state index contributed by atoms with van der Waals surface area (Å²) >= 11 is 1.82. The molecule has 5 heteroatoms. The molecule has 4 rings (SSSR count). The first-order valence-corrected chi connectivity index (χ1v) is 8.10. The van der Waals surface area contributed by atoms with Crippen molar-refractivity contribution in [3.05, 3.63) is 78.9 Å². The van der Waals surface area contributed by atoms with E-state index < -0.39 is 7.12 Å². The largest absolute Gasteiger partial charge is 0.488 e. The van der Waals surface area contributed by atoms with Crippen LogP contribution in [0.15, 0.2) is 88.7 Å². The summed E-state index contributed by atoms with van der Waals surface area (Å²) in [5.74, 6) is 0. The molecule has 3 aromatic carbocycles. The van der Waals surface area contributed by atoms with Gasteiger partial charge in [0, 0.05) is 9.79 Å². The van der Waals surface area contributed by atoms with Crippen molar-refractivity contribution in [2.24, 2.45) is 0 Å². The molecular weight excluding hydrogens is 305 g/mol. The maximum Gasteiger partial charge on any atom is 0.488 e. The number of rotatable bonds is 1. The molecule has 0 unspecified atom stereocenters. The lowest BCUT2D eigenvalue weighted by molar-refractivity contribution is 0.426. The number of nitrogens with one attached hydrogen (secondary N) is 1. The molecule has 23 heavy (non-hydrogen) atoms. The van der Waals surface area contributed by atoms with E-state index in [-0.39, 0.29) is 0 Å². The van der Waals surface area contributed by atoms with Gasteiger partial charge in [0.2, 0.25) is 0 Å². The van der Waals surface area contributed by atoms with E-state index in [4.69, 9.17) is 10.0 Å². The fourth-order valence-corrected chi connectivity index (χ4v) is 3.19. The summed E-state index contributed by atoms with van der Waals surface area (Å²) in [4.78, 5) is 2.59. The number of hydrogen-bond donors (Lipinski definition) is 3. The van der Waals surface area contributed by atoms with Crippen LogP contribution in [-0.4, -0.2) is 17.2 Å². The minimum absolute atomic E-state index is 0.525. The van der Waals surface area contributed by atoms with Gasteiger partial charge in [-0.25, -0.2) is 0 Å². The van der Waals surface area contributed by atoms with Gasteiger partial charge in [0.1, 0.15) is 0 Å². The van der Waals surface area contributed by atoms with Crippen LogP contribution >= 0.6 is 11.8 Å². The molecule has 1 aliphatic heterocycles. The molecule has 3 aromatic rings. The van der Waals surface area contributed by atoms with E-state index in [0.717, 1.165) is 0 Å². The van der Waals surface area contributed by atoms with Crippen LogP contribution in [0.4, 0.5) is 11.4 Å². The highest BCUT2D eigenvalue weighted by Crippen LogP contribution is 2.43. The zero-order valence-electron chi connectivity index (χ0n) is 12.4. The minimum Gasteiger partial charge on any atom is -0.423 e. The monoisotopic (exact) mass is 321 g/mol. The number of hydrogen-bond acceptors (Lipinski definition) is 4. The third-order valence-electron chi connectivity index (χ3n) is 3.36. The van der Waals surface area contributed by atoms with E-state index in [0.29, 0.717) is 5.46 Å². The molecule has 0 spiro atoms. The van der Waals surface area contributed by atoms with Gasteiger partial charge in [-0.1, -0.05) is 66.4 Å². The van der Waals surface area contributed by atoms with E-state index in [1.54, 1.807) is 24.3 Å². The van der Waals surface area contributed by atoms with Gasteiger partial charge in [-0.2, -0.15) is 0 Å². The quantitative estimate of drug-likeness (QED) is 0.471. The molecule has 1 aliphatic rings. The van der Waals surface area contributed by atoms with Crippen molar-refractivity contribution in [2.45, 2.75) is 9.79 Å². The van der Waals surface area contributed by atoms with Gasteiger partial charge in [-0.3, -0.25) is 0 Å². The minimum atomic E-state index is -1.34. The highest BCUT2D eigenvalue weighted by atomic mass is 32.2. The van der Waals surface area contributed by atoms with E-state index in [2.05, 4.69) is 53.8 Å². The number of para-hydroxylation sites is 2. The lowest BCUT2D eigenvalue weighted by Gasteiger charge is -2.19. The topological polar surface area (TPSA) is 52.5 Å². The second kappa shape index (κ2) is 7.37. The highest BCUT2D eigenvalue weighted by Gasteiger charge is 2.13. The Kier molecular flexibility index (Phi) is 5.03. The van der Waals surface area contributed by atoms with Crippen LogP contribution in [0.5, 0.6) is 0 Å². The molecule has 0 bridgehead atoms. The lowest BCUT2D eigenvalue weighted by Crippen LogP contribution is -2.29. The Morgan fingerprint density at radius 3 is 1.61 bits per heavy atom. The third kappa shape index (κ3) is 3.96. The van der Waals surface area contributed by atoms with Crippen molar-refractivity contribution in [2.75, 3.05) is 5.32 Å². The molecule has 3 N–H and O–H groups in total. The zero-order valence-corrected chi connectivity index (χ0v) is 13.2. The lowest BCUT2D eigenvalue weighted by atomic mass is 9.81. The second-order valence-electron chi connectivity index (χ2n) is 5.00. The fourth-order valence-electron chi connectivity index (χ4n) is 2.21. The van der Waals surface area contributed by atoms with E-state index in [9.17, 15) is 0 Å². The maximum absolute atomic E-state index is 8.58. The second-order valence-corrected chi connectivity index (χ2v) is 6.09. The van der Waals surface area contributed by atoms with Crippen LogP contribution in [0.25, 0.3) is 0 Å². The van der Waals surface area contributed by atoms with Crippen LogP contribution in [0, 0.1) is 0 Å². The van der Waals surface area contributed by atoms with Gasteiger partial charge in [0.15, 0.2) is 0 Å². The molecule has 3 nitrogen and oxygen atoms in total. The van der Waals surface area contributed by atoms with Crippen molar-refractivity contribution >= 4 is 35.7 Å². The summed E-state index contributed by atoms with van der Waals surface area (Å²) in [6, 6.07) is 25.4. The van der Waals surface area contributed by atoms with Crippen LogP contribution in [0.1, 0.15) is 0 Å². The molecule has 0 aromatic heterocycles. The molecule has 0 saturated heterocycles. The average molecular weight is 321 g/mol. The Labute approximate surface area is 140 Å². The number of anilines is 2. The van der Waals surface area contributed by atoms with Gasteiger partial charge in [0.05, 0.1) is 11.4 Å². The summed E-state index contributed by atoms with van der Waals surface area (Å²) in [7, 11) is -1.34. The standard InChI is InChI=1S/C12H9NS.C6H7BO2/c1-3-7-11-9(5-1)13-10-6-2-4-8-12(10)14-11;8-7(9)6-4-2-1-3-5-6/h1-8,13H;1-5,8-9H. The Bertz CT molecular complexity index is 693. The highest BCUT2D eigenvalue weighted by molar-refractivity contribution is 7.99. The van der Waals surface area contributed by atoms with Crippen LogP contribution < -0.4 is 10.8 Å². The molecule has 0 saturated carbocycles. The van der Waals surface area contributed by atoms with Gasteiger partial charge in [-0.15, -0.1) is 0 Å². The average Bonchev–Trinajstić information content (AvgIpc) is 2.61. The maximum atomic E-state index is 8.58. The summed E-state index contributed by atoms with van der Waals surface area (Å²) in [5.41, 5.74) is 2.94. The van der Waals surface area contributed by atoms with Crippen LogP contribution in [0.3, 0.4) is 0 Å². The Morgan fingerprint density at radius 1 is 0.652 bits per heavy atom. The van der Waals surface area contributed by atoms with Crippen molar-refractivity contribution < 1.29 is 10.0 Å². The van der Waals surface area contributed by atoms with Crippen molar-refractivity contribution in [1.29, 1.82) is 0 Å². The Balaban J connectivity index is 0.000000151. The first kappa shape index (κ1) is 15.7. The SMILES string of the molecule is OB(O)c1ccccc1.c1ccc2c(c1)Nc1ccccc1S2. The van der Waals surface area contributed by atoms with Crippen molar-refractivity contribution in [1.82, 2.24) is 0 Å². The number of fused-ring (bicyclic) bond motifs is 2. The molecule has 0 radical (unpaired) electrons. The molecule has 0 aliphatic carbocycles. The van der Waals surface area contributed by atoms with Gasteiger partial charge >= 0.3 is 7.12 Å². The molecule has 1 heterocycles. The zero-order chi connectivity index (χ0) is 16.1. The molecular formula is C18H16BNO2S. The molecule has 0 amide bonds. The smallest absolute Gasteiger partial charge is 0.423 e. The summed E-state index contributed by atoms with van der Waals surface area (Å²) < 4.78 is 0. The van der Waals surface area contributed by atoms with Crippen LogP contribution in [0.2, 0.25) is 0 Å². The summed E-state index contributed by atoms with van der Waals surface area (Å²) in [6.45, 7) is 0. The van der Waals surface area contributed by atoms with Gasteiger partial charge < -0.3 is 15.4 Å². The normalized spacial score (nSPS) is 11.2. The molecule has 0 fully saturated rings. The Morgan fingerprint density at radius 2 is 1.13 bits per heavy atom. The first-order chi connectivity index (χ1) is 11.2.